The number of amides is 2. The van der Waals surface area contributed by atoms with Crippen molar-refractivity contribution < 1.29 is 23.8 Å². The molecule has 1 heterocycles. The van der Waals surface area contributed by atoms with Crippen LogP contribution in [0, 0.1) is 5.82 Å². The van der Waals surface area contributed by atoms with E-state index in [4.69, 9.17) is 4.74 Å². The monoisotopic (exact) mass is 381 g/mol. The van der Waals surface area contributed by atoms with E-state index in [0.29, 0.717) is 18.4 Å². The normalized spacial score (nSPS) is 22.5. The first-order chi connectivity index (χ1) is 12.9. The molecular weight excluding hydrogens is 353 g/mol. The first-order valence-corrected chi connectivity index (χ1v) is 9.09. The number of likely N-dealkylation sites (N-methyl/N-ethyl adjacent to an activating group) is 1. The standard InChI is InChI=1S/C19H28FN3O4/c1-23(2)11-19(26)22-16-8-7-14(27-17(16)12-24)9-18(25)21-10-13-5-3-4-6-15(13)20/h3-6,14,16-17,24H,7-12H2,1-2H3,(H,21,25)(H,22,26)/t14-,16-,17+/m1/s1. The lowest BCUT2D eigenvalue weighted by molar-refractivity contribution is -0.136. The van der Waals surface area contributed by atoms with Crippen molar-refractivity contribution in [1.82, 2.24) is 15.5 Å². The smallest absolute Gasteiger partial charge is 0.234 e. The predicted molar refractivity (Wildman–Crippen MR) is 98.3 cm³/mol. The molecule has 0 aromatic heterocycles. The van der Waals surface area contributed by atoms with Crippen molar-refractivity contribution >= 4 is 11.8 Å². The topological polar surface area (TPSA) is 90.9 Å². The number of aliphatic hydroxyl groups is 1. The van der Waals surface area contributed by atoms with Gasteiger partial charge >= 0.3 is 0 Å². The Bertz CT molecular complexity index is 641. The first kappa shape index (κ1) is 21.3. The van der Waals surface area contributed by atoms with Crippen LogP contribution in [0.15, 0.2) is 24.3 Å². The number of aliphatic hydroxyl groups excluding tert-OH is 1. The van der Waals surface area contributed by atoms with Crippen LogP contribution in [0.4, 0.5) is 4.39 Å². The van der Waals surface area contributed by atoms with Crippen molar-refractivity contribution in [3.8, 4) is 0 Å². The number of carbonyl (C=O) groups is 2. The maximum Gasteiger partial charge on any atom is 0.234 e. The summed E-state index contributed by atoms with van der Waals surface area (Å²) in [5.74, 6) is -0.730. The van der Waals surface area contributed by atoms with Gasteiger partial charge in [-0.05, 0) is 33.0 Å². The fourth-order valence-electron chi connectivity index (χ4n) is 3.10. The summed E-state index contributed by atoms with van der Waals surface area (Å²) in [6, 6.07) is 6.00. The fourth-order valence-corrected chi connectivity index (χ4v) is 3.10. The van der Waals surface area contributed by atoms with Crippen LogP contribution in [0.2, 0.25) is 0 Å². The summed E-state index contributed by atoms with van der Waals surface area (Å²) >= 11 is 0. The van der Waals surface area contributed by atoms with Gasteiger partial charge < -0.3 is 25.4 Å². The average Bonchev–Trinajstić information content (AvgIpc) is 2.61. The highest BCUT2D eigenvalue weighted by molar-refractivity contribution is 5.78. The van der Waals surface area contributed by atoms with Gasteiger partial charge in [0.1, 0.15) is 11.9 Å². The Labute approximate surface area is 158 Å². The van der Waals surface area contributed by atoms with Gasteiger partial charge in [0, 0.05) is 12.1 Å². The van der Waals surface area contributed by atoms with E-state index in [2.05, 4.69) is 10.6 Å². The molecule has 3 atom stereocenters. The lowest BCUT2D eigenvalue weighted by atomic mass is 9.97. The zero-order chi connectivity index (χ0) is 19.8. The summed E-state index contributed by atoms with van der Waals surface area (Å²) in [6.45, 7) is 0.141. The zero-order valence-electron chi connectivity index (χ0n) is 15.8. The molecule has 1 fully saturated rings. The SMILES string of the molecule is CN(C)CC(=O)N[C@@H]1CC[C@H](CC(=O)NCc2ccccc2F)O[C@H]1CO. The second-order valence-electron chi connectivity index (χ2n) is 7.04. The minimum atomic E-state index is -0.547. The number of nitrogens with one attached hydrogen (secondary N) is 2. The van der Waals surface area contributed by atoms with E-state index in [1.165, 1.54) is 6.07 Å². The zero-order valence-corrected chi connectivity index (χ0v) is 15.8. The number of benzene rings is 1. The minimum Gasteiger partial charge on any atom is -0.394 e. The quantitative estimate of drug-likeness (QED) is 0.607. The van der Waals surface area contributed by atoms with Crippen molar-refractivity contribution in [2.45, 2.75) is 44.1 Å². The lowest BCUT2D eigenvalue weighted by Crippen LogP contribution is -2.52. The molecule has 0 bridgehead atoms. The summed E-state index contributed by atoms with van der Waals surface area (Å²) in [4.78, 5) is 25.8. The van der Waals surface area contributed by atoms with Crippen LogP contribution < -0.4 is 10.6 Å². The third kappa shape index (κ3) is 6.89. The van der Waals surface area contributed by atoms with Gasteiger partial charge in [-0.3, -0.25) is 9.59 Å². The molecule has 1 saturated heterocycles. The minimum absolute atomic E-state index is 0.116. The van der Waals surface area contributed by atoms with Crippen LogP contribution in [0.25, 0.3) is 0 Å². The van der Waals surface area contributed by atoms with Gasteiger partial charge in [-0.2, -0.15) is 0 Å². The molecule has 2 rings (SSSR count). The van der Waals surface area contributed by atoms with Crippen LogP contribution in [0.3, 0.4) is 0 Å². The van der Waals surface area contributed by atoms with Crippen molar-refractivity contribution in [1.29, 1.82) is 0 Å². The number of nitrogens with zero attached hydrogens (tertiary/aromatic N) is 1. The highest BCUT2D eigenvalue weighted by Crippen LogP contribution is 2.22. The Hall–Kier alpha value is -2.03. The molecule has 150 valence electrons. The van der Waals surface area contributed by atoms with Crippen molar-refractivity contribution in [3.05, 3.63) is 35.6 Å². The molecular formula is C19H28FN3O4. The molecule has 7 nitrogen and oxygen atoms in total. The van der Waals surface area contributed by atoms with Crippen LogP contribution in [-0.2, 0) is 20.9 Å². The molecule has 0 unspecified atom stereocenters. The highest BCUT2D eigenvalue weighted by Gasteiger charge is 2.32. The van der Waals surface area contributed by atoms with E-state index in [-0.39, 0.29) is 55.9 Å². The van der Waals surface area contributed by atoms with Gasteiger partial charge in [-0.1, -0.05) is 18.2 Å². The Morgan fingerprint density at radius 3 is 2.67 bits per heavy atom. The van der Waals surface area contributed by atoms with Crippen LogP contribution in [-0.4, -0.2) is 67.3 Å². The molecule has 0 saturated carbocycles. The van der Waals surface area contributed by atoms with Crippen molar-refractivity contribution in [2.75, 3.05) is 27.2 Å². The lowest BCUT2D eigenvalue weighted by Gasteiger charge is -2.36. The molecule has 3 N–H and O–H groups in total. The molecule has 27 heavy (non-hydrogen) atoms. The Morgan fingerprint density at radius 1 is 1.26 bits per heavy atom. The molecule has 8 heteroatoms. The molecule has 0 spiro atoms. The maximum absolute atomic E-state index is 13.6. The summed E-state index contributed by atoms with van der Waals surface area (Å²) in [7, 11) is 3.60. The average molecular weight is 381 g/mol. The Kier molecular flexibility index (Phi) is 8.15. The second-order valence-corrected chi connectivity index (χ2v) is 7.04. The molecule has 0 aliphatic carbocycles. The number of halogens is 1. The number of rotatable bonds is 8. The summed E-state index contributed by atoms with van der Waals surface area (Å²) in [5, 5.41) is 15.1. The van der Waals surface area contributed by atoms with Gasteiger partial charge in [-0.15, -0.1) is 0 Å². The van der Waals surface area contributed by atoms with Gasteiger partial charge in [0.15, 0.2) is 0 Å². The van der Waals surface area contributed by atoms with E-state index in [0.717, 1.165) is 0 Å². The van der Waals surface area contributed by atoms with Gasteiger partial charge in [0.2, 0.25) is 11.8 Å². The number of ether oxygens (including phenoxy) is 1. The van der Waals surface area contributed by atoms with Crippen LogP contribution >= 0.6 is 0 Å². The molecule has 0 radical (unpaired) electrons. The van der Waals surface area contributed by atoms with Gasteiger partial charge in [0.25, 0.3) is 0 Å². The van der Waals surface area contributed by atoms with E-state index < -0.39 is 6.10 Å². The number of carbonyl (C=O) groups excluding carboxylic acids is 2. The molecule has 2 amide bonds. The predicted octanol–water partition coefficient (Wildman–Crippen LogP) is 0.418. The second kappa shape index (κ2) is 10.3. The van der Waals surface area contributed by atoms with E-state index in [9.17, 15) is 19.1 Å². The first-order valence-electron chi connectivity index (χ1n) is 9.09. The van der Waals surface area contributed by atoms with Gasteiger partial charge in [-0.25, -0.2) is 4.39 Å². The summed E-state index contributed by atoms with van der Waals surface area (Å²) in [6.07, 6.45) is 0.453. The molecule has 1 aromatic rings. The van der Waals surface area contributed by atoms with Crippen LogP contribution in [0.1, 0.15) is 24.8 Å². The third-order valence-electron chi connectivity index (χ3n) is 4.45. The van der Waals surface area contributed by atoms with E-state index in [1.54, 1.807) is 37.2 Å². The summed E-state index contributed by atoms with van der Waals surface area (Å²) < 4.78 is 19.4. The maximum atomic E-state index is 13.6. The largest absolute Gasteiger partial charge is 0.394 e. The third-order valence-corrected chi connectivity index (χ3v) is 4.45. The van der Waals surface area contributed by atoms with E-state index >= 15 is 0 Å². The fraction of sp³-hybridized carbons (Fsp3) is 0.579. The van der Waals surface area contributed by atoms with Crippen molar-refractivity contribution in [2.24, 2.45) is 0 Å². The van der Waals surface area contributed by atoms with E-state index in [1.807, 2.05) is 0 Å². The number of hydrogen-bond donors (Lipinski definition) is 3. The Morgan fingerprint density at radius 2 is 2.00 bits per heavy atom. The Balaban J connectivity index is 1.79. The molecule has 1 aromatic carbocycles. The molecule has 1 aliphatic rings. The van der Waals surface area contributed by atoms with Crippen molar-refractivity contribution in [3.63, 3.8) is 0 Å². The summed E-state index contributed by atoms with van der Waals surface area (Å²) in [5.41, 5.74) is 0.423. The van der Waals surface area contributed by atoms with Gasteiger partial charge in [0.05, 0.1) is 31.7 Å². The van der Waals surface area contributed by atoms with Crippen LogP contribution in [0.5, 0.6) is 0 Å². The molecule has 1 aliphatic heterocycles. The number of hydrogen-bond acceptors (Lipinski definition) is 5. The highest BCUT2D eigenvalue weighted by atomic mass is 19.1.